The van der Waals surface area contributed by atoms with Gasteiger partial charge in [-0.15, -0.1) is 0 Å². The first-order chi connectivity index (χ1) is 9.30. The highest BCUT2D eigenvalue weighted by Crippen LogP contribution is 2.28. The minimum absolute atomic E-state index is 0.0872. The lowest BCUT2D eigenvalue weighted by Crippen LogP contribution is -2.15. The molecule has 1 atom stereocenters. The molecule has 2 rings (SSSR count). The number of halogens is 2. The van der Waals surface area contributed by atoms with Crippen LogP contribution in [0.25, 0.3) is 0 Å². The Morgan fingerprint density at radius 1 is 1.05 bits per heavy atom. The van der Waals surface area contributed by atoms with Crippen LogP contribution in [0.4, 0.5) is 4.39 Å². The first kappa shape index (κ1) is 15.0. The summed E-state index contributed by atoms with van der Waals surface area (Å²) in [6.45, 7) is 6.45. The van der Waals surface area contributed by atoms with Crippen LogP contribution < -0.4 is 5.73 Å². The number of hydrogen-bond acceptors (Lipinski definition) is 1. The third-order valence-corrected chi connectivity index (χ3v) is 3.74. The van der Waals surface area contributed by atoms with Crippen LogP contribution in [0.3, 0.4) is 0 Å². The summed E-state index contributed by atoms with van der Waals surface area (Å²) in [5.41, 5.74) is 8.75. The van der Waals surface area contributed by atoms with Crippen molar-refractivity contribution < 1.29 is 4.39 Å². The molecule has 0 radical (unpaired) electrons. The van der Waals surface area contributed by atoms with Gasteiger partial charge in [0.2, 0.25) is 0 Å². The Labute approximate surface area is 124 Å². The van der Waals surface area contributed by atoms with Crippen LogP contribution in [0.2, 0.25) is 5.02 Å². The summed E-state index contributed by atoms with van der Waals surface area (Å²) in [7, 11) is 0. The van der Waals surface area contributed by atoms with Gasteiger partial charge in [0.05, 0.1) is 11.1 Å². The van der Waals surface area contributed by atoms with Crippen molar-refractivity contribution in [2.45, 2.75) is 32.2 Å². The molecule has 0 saturated carbocycles. The van der Waals surface area contributed by atoms with Crippen molar-refractivity contribution in [2.24, 2.45) is 5.73 Å². The van der Waals surface area contributed by atoms with E-state index in [9.17, 15) is 4.39 Å². The molecule has 2 aromatic carbocycles. The predicted octanol–water partition coefficient (Wildman–Crippen LogP) is 4.82. The Kier molecular flexibility index (Phi) is 4.17. The third kappa shape index (κ3) is 3.02. The molecule has 2 aromatic rings. The topological polar surface area (TPSA) is 26.0 Å². The van der Waals surface area contributed by atoms with Crippen molar-refractivity contribution in [3.8, 4) is 0 Å². The summed E-state index contributed by atoms with van der Waals surface area (Å²) < 4.78 is 14.0. The summed E-state index contributed by atoms with van der Waals surface area (Å²) in [5, 5.41) is 0.101. The fourth-order valence-corrected chi connectivity index (χ4v) is 2.31. The molecule has 0 amide bonds. The molecule has 1 nitrogen and oxygen atoms in total. The Bertz CT molecular complexity index is 599. The van der Waals surface area contributed by atoms with Crippen LogP contribution in [0.1, 0.15) is 43.5 Å². The predicted molar refractivity (Wildman–Crippen MR) is 82.6 cm³/mol. The van der Waals surface area contributed by atoms with Gasteiger partial charge in [0.1, 0.15) is 5.82 Å². The molecule has 0 aliphatic rings. The second kappa shape index (κ2) is 5.55. The Morgan fingerprint density at radius 3 is 2.20 bits per heavy atom. The molecule has 0 spiro atoms. The summed E-state index contributed by atoms with van der Waals surface area (Å²) in [6, 6.07) is 12.4. The van der Waals surface area contributed by atoms with Gasteiger partial charge < -0.3 is 5.73 Å². The van der Waals surface area contributed by atoms with Gasteiger partial charge in [-0.25, -0.2) is 4.39 Å². The van der Waals surface area contributed by atoms with E-state index in [1.165, 1.54) is 11.6 Å². The molecular formula is C17H19ClFN. The lowest BCUT2D eigenvalue weighted by Gasteiger charge is -2.20. The second-order valence-electron chi connectivity index (χ2n) is 5.99. The molecule has 2 N–H and O–H groups in total. The van der Waals surface area contributed by atoms with E-state index in [1.54, 1.807) is 12.1 Å². The average Bonchev–Trinajstić information content (AvgIpc) is 2.40. The SMILES string of the molecule is CC(C)(C)c1ccc(C(N)c2cccc(Cl)c2F)cc1. The maximum Gasteiger partial charge on any atom is 0.146 e. The fraction of sp³-hybridized carbons (Fsp3) is 0.294. The highest BCUT2D eigenvalue weighted by atomic mass is 35.5. The van der Waals surface area contributed by atoms with Crippen molar-refractivity contribution in [2.75, 3.05) is 0 Å². The van der Waals surface area contributed by atoms with Crippen LogP contribution in [0, 0.1) is 5.82 Å². The molecule has 1 unspecified atom stereocenters. The largest absolute Gasteiger partial charge is 0.320 e. The lowest BCUT2D eigenvalue weighted by molar-refractivity contribution is 0.588. The average molecular weight is 292 g/mol. The summed E-state index contributed by atoms with van der Waals surface area (Å²) >= 11 is 5.80. The van der Waals surface area contributed by atoms with Gasteiger partial charge in [0, 0.05) is 5.56 Å². The van der Waals surface area contributed by atoms with Crippen LogP contribution in [-0.2, 0) is 5.41 Å². The second-order valence-corrected chi connectivity index (χ2v) is 6.40. The molecule has 20 heavy (non-hydrogen) atoms. The van der Waals surface area contributed by atoms with Gasteiger partial charge in [-0.1, -0.05) is 68.8 Å². The highest BCUT2D eigenvalue weighted by Gasteiger charge is 2.17. The van der Waals surface area contributed by atoms with Gasteiger partial charge in [-0.2, -0.15) is 0 Å². The van der Waals surface area contributed by atoms with Crippen LogP contribution >= 0.6 is 11.6 Å². The van der Waals surface area contributed by atoms with E-state index < -0.39 is 11.9 Å². The van der Waals surface area contributed by atoms with Crippen molar-refractivity contribution >= 4 is 11.6 Å². The molecule has 0 fully saturated rings. The molecule has 0 heterocycles. The summed E-state index contributed by atoms with van der Waals surface area (Å²) in [6.07, 6.45) is 0. The molecule has 106 valence electrons. The van der Waals surface area contributed by atoms with E-state index in [-0.39, 0.29) is 10.4 Å². The molecule has 0 aromatic heterocycles. The van der Waals surface area contributed by atoms with Crippen molar-refractivity contribution in [1.82, 2.24) is 0 Å². The Morgan fingerprint density at radius 2 is 1.65 bits per heavy atom. The zero-order valence-corrected chi connectivity index (χ0v) is 12.7. The van der Waals surface area contributed by atoms with Crippen molar-refractivity contribution in [3.63, 3.8) is 0 Å². The van der Waals surface area contributed by atoms with Crippen LogP contribution in [-0.4, -0.2) is 0 Å². The standard InChI is InChI=1S/C17H19ClFN/c1-17(2,3)12-9-7-11(8-10-12)16(20)13-5-4-6-14(18)15(13)19/h4-10,16H,20H2,1-3H3. The minimum Gasteiger partial charge on any atom is -0.320 e. The third-order valence-electron chi connectivity index (χ3n) is 3.45. The van der Waals surface area contributed by atoms with Gasteiger partial charge in [0.15, 0.2) is 0 Å². The van der Waals surface area contributed by atoms with E-state index >= 15 is 0 Å². The summed E-state index contributed by atoms with van der Waals surface area (Å²) in [5.74, 6) is -0.443. The molecule has 0 aliphatic carbocycles. The van der Waals surface area contributed by atoms with Gasteiger partial charge in [0.25, 0.3) is 0 Å². The lowest BCUT2D eigenvalue weighted by atomic mass is 9.86. The van der Waals surface area contributed by atoms with Crippen LogP contribution in [0.5, 0.6) is 0 Å². The maximum absolute atomic E-state index is 14.0. The van der Waals surface area contributed by atoms with E-state index in [0.717, 1.165) is 5.56 Å². The van der Waals surface area contributed by atoms with Gasteiger partial charge in [-0.3, -0.25) is 0 Å². The molecular weight excluding hydrogens is 273 g/mol. The smallest absolute Gasteiger partial charge is 0.146 e. The zero-order valence-electron chi connectivity index (χ0n) is 12.0. The Balaban J connectivity index is 2.34. The highest BCUT2D eigenvalue weighted by molar-refractivity contribution is 6.30. The van der Waals surface area contributed by atoms with E-state index in [2.05, 4.69) is 20.8 Å². The first-order valence-corrected chi connectivity index (χ1v) is 6.98. The molecule has 0 bridgehead atoms. The van der Waals surface area contributed by atoms with E-state index in [1.807, 2.05) is 24.3 Å². The number of hydrogen-bond donors (Lipinski definition) is 1. The minimum atomic E-state index is -0.511. The zero-order chi connectivity index (χ0) is 14.9. The number of benzene rings is 2. The van der Waals surface area contributed by atoms with Crippen molar-refractivity contribution in [3.05, 3.63) is 70.0 Å². The quantitative estimate of drug-likeness (QED) is 0.843. The fourth-order valence-electron chi connectivity index (χ4n) is 2.13. The normalized spacial score (nSPS) is 13.3. The maximum atomic E-state index is 14.0. The summed E-state index contributed by atoms with van der Waals surface area (Å²) in [4.78, 5) is 0. The number of rotatable bonds is 2. The first-order valence-electron chi connectivity index (χ1n) is 6.60. The van der Waals surface area contributed by atoms with E-state index in [0.29, 0.717) is 5.56 Å². The Hall–Kier alpha value is -1.38. The molecule has 3 heteroatoms. The monoisotopic (exact) mass is 291 g/mol. The number of nitrogens with two attached hydrogens (primary N) is 1. The molecule has 0 saturated heterocycles. The van der Waals surface area contributed by atoms with Crippen LogP contribution in [0.15, 0.2) is 42.5 Å². The van der Waals surface area contributed by atoms with Gasteiger partial charge >= 0.3 is 0 Å². The van der Waals surface area contributed by atoms with Crippen molar-refractivity contribution in [1.29, 1.82) is 0 Å². The van der Waals surface area contributed by atoms with E-state index in [4.69, 9.17) is 17.3 Å². The molecule has 0 aliphatic heterocycles. The van der Waals surface area contributed by atoms with Gasteiger partial charge in [-0.05, 0) is 22.6 Å².